The molecule has 0 aliphatic carbocycles. The van der Waals surface area contributed by atoms with Gasteiger partial charge in [-0.25, -0.2) is 14.8 Å². The van der Waals surface area contributed by atoms with Crippen LogP contribution in [0.3, 0.4) is 0 Å². The van der Waals surface area contributed by atoms with Gasteiger partial charge in [-0.15, -0.1) is 0 Å². The molecular weight excluding hydrogens is 254 g/mol. The Kier molecular flexibility index (Phi) is 4.30. The van der Waals surface area contributed by atoms with E-state index in [4.69, 9.17) is 4.74 Å². The molecular formula is C15H17N3O2. The zero-order valence-electron chi connectivity index (χ0n) is 11.8. The monoisotopic (exact) mass is 271 g/mol. The van der Waals surface area contributed by atoms with E-state index in [1.807, 2.05) is 19.9 Å². The Labute approximate surface area is 118 Å². The fraction of sp³-hybridized carbons (Fsp3) is 0.267. The van der Waals surface area contributed by atoms with Crippen LogP contribution in [0.2, 0.25) is 0 Å². The number of nitrogens with one attached hydrogen (secondary N) is 1. The smallest absolute Gasteiger partial charge is 0.338 e. The van der Waals surface area contributed by atoms with Crippen LogP contribution in [-0.2, 0) is 4.74 Å². The first-order valence-corrected chi connectivity index (χ1v) is 6.45. The molecule has 20 heavy (non-hydrogen) atoms. The summed E-state index contributed by atoms with van der Waals surface area (Å²) in [6, 6.07) is 8.93. The molecule has 0 atom stereocenters. The Morgan fingerprint density at radius 3 is 2.30 bits per heavy atom. The second kappa shape index (κ2) is 6.14. The molecule has 0 unspecified atom stereocenters. The number of benzene rings is 1. The van der Waals surface area contributed by atoms with Crippen LogP contribution in [0.1, 0.15) is 28.7 Å². The summed E-state index contributed by atoms with van der Waals surface area (Å²) in [6.07, 6.45) is 0. The van der Waals surface area contributed by atoms with E-state index in [1.165, 1.54) is 0 Å². The van der Waals surface area contributed by atoms with Crippen molar-refractivity contribution >= 4 is 17.6 Å². The van der Waals surface area contributed by atoms with E-state index < -0.39 is 0 Å². The summed E-state index contributed by atoms with van der Waals surface area (Å²) in [5.41, 5.74) is 3.16. The Hall–Kier alpha value is -2.43. The molecule has 0 radical (unpaired) electrons. The number of rotatable bonds is 4. The normalized spacial score (nSPS) is 10.2. The van der Waals surface area contributed by atoms with Crippen molar-refractivity contribution < 1.29 is 9.53 Å². The first kappa shape index (κ1) is 14.0. The molecule has 0 amide bonds. The van der Waals surface area contributed by atoms with Gasteiger partial charge in [0.2, 0.25) is 5.95 Å². The average molecular weight is 271 g/mol. The summed E-state index contributed by atoms with van der Waals surface area (Å²) < 4.78 is 4.93. The summed E-state index contributed by atoms with van der Waals surface area (Å²) in [7, 11) is 0. The fourth-order valence-electron chi connectivity index (χ4n) is 1.82. The molecule has 0 spiro atoms. The Morgan fingerprint density at radius 2 is 1.75 bits per heavy atom. The van der Waals surface area contributed by atoms with E-state index in [2.05, 4.69) is 15.3 Å². The molecule has 2 aromatic rings. The fourth-order valence-corrected chi connectivity index (χ4v) is 1.82. The van der Waals surface area contributed by atoms with Crippen molar-refractivity contribution in [3.8, 4) is 0 Å². The molecule has 1 N–H and O–H groups in total. The van der Waals surface area contributed by atoms with Crippen molar-refractivity contribution in [2.45, 2.75) is 20.8 Å². The Balaban J connectivity index is 2.12. The maximum Gasteiger partial charge on any atom is 0.338 e. The van der Waals surface area contributed by atoms with Crippen molar-refractivity contribution in [1.82, 2.24) is 9.97 Å². The average Bonchev–Trinajstić information content (AvgIpc) is 2.38. The molecule has 0 aliphatic heterocycles. The molecule has 0 aliphatic rings. The van der Waals surface area contributed by atoms with Crippen LogP contribution < -0.4 is 5.32 Å². The first-order valence-electron chi connectivity index (χ1n) is 6.45. The third kappa shape index (κ3) is 3.54. The summed E-state index contributed by atoms with van der Waals surface area (Å²) in [6.45, 7) is 5.99. The second-order valence-corrected chi connectivity index (χ2v) is 4.40. The zero-order chi connectivity index (χ0) is 14.5. The van der Waals surface area contributed by atoms with Crippen LogP contribution in [0.15, 0.2) is 30.3 Å². The highest BCUT2D eigenvalue weighted by molar-refractivity contribution is 5.89. The number of ether oxygens (including phenoxy) is 1. The van der Waals surface area contributed by atoms with Gasteiger partial charge in [0.15, 0.2) is 0 Å². The van der Waals surface area contributed by atoms with Crippen molar-refractivity contribution in [3.63, 3.8) is 0 Å². The number of carbonyl (C=O) groups excluding carboxylic acids is 1. The Bertz CT molecular complexity index is 589. The molecule has 1 aromatic carbocycles. The minimum absolute atomic E-state index is 0.318. The lowest BCUT2D eigenvalue weighted by atomic mass is 10.2. The molecule has 5 nitrogen and oxygen atoms in total. The number of nitrogens with zero attached hydrogens (tertiary/aromatic N) is 2. The lowest BCUT2D eigenvalue weighted by Gasteiger charge is -2.07. The third-order valence-electron chi connectivity index (χ3n) is 2.63. The number of aromatic nitrogens is 2. The quantitative estimate of drug-likeness (QED) is 0.866. The van der Waals surface area contributed by atoms with Crippen LogP contribution in [0.4, 0.5) is 11.6 Å². The van der Waals surface area contributed by atoms with Crippen molar-refractivity contribution in [2.75, 3.05) is 11.9 Å². The molecule has 1 aromatic heterocycles. The van der Waals surface area contributed by atoms with Gasteiger partial charge in [-0.2, -0.15) is 0 Å². The maximum atomic E-state index is 11.5. The summed E-state index contributed by atoms with van der Waals surface area (Å²) in [5, 5.41) is 3.11. The molecule has 0 fully saturated rings. The molecule has 0 bridgehead atoms. The van der Waals surface area contributed by atoms with Crippen LogP contribution >= 0.6 is 0 Å². The Morgan fingerprint density at radius 1 is 1.15 bits per heavy atom. The minimum Gasteiger partial charge on any atom is -0.462 e. The van der Waals surface area contributed by atoms with E-state index in [1.54, 1.807) is 31.2 Å². The maximum absolute atomic E-state index is 11.5. The van der Waals surface area contributed by atoms with E-state index in [-0.39, 0.29) is 5.97 Å². The number of hydrogen-bond donors (Lipinski definition) is 1. The lowest BCUT2D eigenvalue weighted by molar-refractivity contribution is 0.0526. The topological polar surface area (TPSA) is 64.1 Å². The molecule has 2 rings (SSSR count). The van der Waals surface area contributed by atoms with Gasteiger partial charge in [0, 0.05) is 17.1 Å². The standard InChI is InChI=1S/C15H17N3O2/c1-4-20-14(19)12-5-7-13(8-6-12)18-15-16-10(2)9-11(3)17-15/h5-9H,4H2,1-3H3,(H,16,17,18). The van der Waals surface area contributed by atoms with E-state index in [0.29, 0.717) is 18.1 Å². The number of esters is 1. The van der Waals surface area contributed by atoms with Gasteiger partial charge in [-0.1, -0.05) is 0 Å². The minimum atomic E-state index is -0.318. The van der Waals surface area contributed by atoms with E-state index in [0.717, 1.165) is 17.1 Å². The molecule has 1 heterocycles. The zero-order valence-corrected chi connectivity index (χ0v) is 11.8. The summed E-state index contributed by atoms with van der Waals surface area (Å²) in [4.78, 5) is 20.1. The van der Waals surface area contributed by atoms with Gasteiger partial charge in [0.1, 0.15) is 0 Å². The highest BCUT2D eigenvalue weighted by atomic mass is 16.5. The van der Waals surface area contributed by atoms with Crippen LogP contribution in [0.5, 0.6) is 0 Å². The predicted molar refractivity (Wildman–Crippen MR) is 77.2 cm³/mol. The number of aryl methyl sites for hydroxylation is 2. The van der Waals surface area contributed by atoms with Crippen LogP contribution in [0.25, 0.3) is 0 Å². The summed E-state index contributed by atoms with van der Waals surface area (Å²) >= 11 is 0. The highest BCUT2D eigenvalue weighted by Gasteiger charge is 2.06. The number of hydrogen-bond acceptors (Lipinski definition) is 5. The number of anilines is 2. The van der Waals surface area contributed by atoms with Crippen molar-refractivity contribution in [2.24, 2.45) is 0 Å². The first-order chi connectivity index (χ1) is 9.58. The molecule has 0 saturated heterocycles. The van der Waals surface area contributed by atoms with E-state index in [9.17, 15) is 4.79 Å². The van der Waals surface area contributed by atoms with Crippen LogP contribution in [0, 0.1) is 13.8 Å². The number of carbonyl (C=O) groups is 1. The van der Waals surface area contributed by atoms with Gasteiger partial charge >= 0.3 is 5.97 Å². The summed E-state index contributed by atoms with van der Waals surface area (Å²) in [5.74, 6) is 0.230. The highest BCUT2D eigenvalue weighted by Crippen LogP contribution is 2.15. The molecule has 5 heteroatoms. The molecule has 104 valence electrons. The third-order valence-corrected chi connectivity index (χ3v) is 2.63. The van der Waals surface area contributed by atoms with Gasteiger partial charge in [-0.05, 0) is 51.1 Å². The van der Waals surface area contributed by atoms with Gasteiger partial charge in [0.25, 0.3) is 0 Å². The van der Waals surface area contributed by atoms with Gasteiger partial charge < -0.3 is 10.1 Å². The predicted octanol–water partition coefficient (Wildman–Crippen LogP) is 3.01. The second-order valence-electron chi connectivity index (χ2n) is 4.40. The lowest BCUT2D eigenvalue weighted by Crippen LogP contribution is -2.05. The largest absolute Gasteiger partial charge is 0.462 e. The van der Waals surface area contributed by atoms with Gasteiger partial charge in [-0.3, -0.25) is 0 Å². The van der Waals surface area contributed by atoms with Gasteiger partial charge in [0.05, 0.1) is 12.2 Å². The molecule has 0 saturated carbocycles. The SMILES string of the molecule is CCOC(=O)c1ccc(Nc2nc(C)cc(C)n2)cc1. The van der Waals surface area contributed by atoms with Crippen molar-refractivity contribution in [1.29, 1.82) is 0 Å². The van der Waals surface area contributed by atoms with E-state index >= 15 is 0 Å². The van der Waals surface area contributed by atoms with Crippen molar-refractivity contribution in [3.05, 3.63) is 47.3 Å². The van der Waals surface area contributed by atoms with Crippen LogP contribution in [-0.4, -0.2) is 22.5 Å².